The van der Waals surface area contributed by atoms with Crippen LogP contribution in [0.25, 0.3) is 0 Å². The van der Waals surface area contributed by atoms with Crippen molar-refractivity contribution in [1.82, 2.24) is 19.2 Å². The Balaban J connectivity index is 1.41. The smallest absolute Gasteiger partial charge is 0.260 e. The van der Waals surface area contributed by atoms with E-state index in [0.29, 0.717) is 41.8 Å². The van der Waals surface area contributed by atoms with E-state index in [2.05, 4.69) is 25.0 Å². The van der Waals surface area contributed by atoms with Gasteiger partial charge >= 0.3 is 0 Å². The van der Waals surface area contributed by atoms with Crippen LogP contribution in [0.3, 0.4) is 0 Å². The van der Waals surface area contributed by atoms with Gasteiger partial charge in [-0.05, 0) is 30.6 Å². The maximum atomic E-state index is 13.4. The van der Waals surface area contributed by atoms with Crippen LogP contribution in [0.5, 0.6) is 0 Å². The van der Waals surface area contributed by atoms with Crippen LogP contribution in [-0.2, 0) is 6.54 Å². The number of carbonyl (C=O) groups is 1. The Bertz CT molecular complexity index is 1140. The Hall–Kier alpha value is -3.12. The van der Waals surface area contributed by atoms with Gasteiger partial charge in [-0.3, -0.25) is 14.7 Å². The van der Waals surface area contributed by atoms with Crippen LogP contribution >= 0.6 is 11.5 Å². The molecule has 0 spiro atoms. The summed E-state index contributed by atoms with van der Waals surface area (Å²) in [4.78, 5) is 23.2. The lowest BCUT2D eigenvalue weighted by Crippen LogP contribution is -2.39. The second-order valence-electron chi connectivity index (χ2n) is 7.71. The zero-order chi connectivity index (χ0) is 23.6. The number of nitrogens with one attached hydrogen (secondary N) is 2. The van der Waals surface area contributed by atoms with E-state index in [1.807, 2.05) is 4.90 Å². The molecule has 3 heterocycles. The number of carbonyl (C=O) groups excluding carboxylic acids is 1. The number of likely N-dealkylation sites (tertiary alicyclic amines) is 1. The first-order chi connectivity index (χ1) is 15.7. The molecule has 1 saturated heterocycles. The van der Waals surface area contributed by atoms with Gasteiger partial charge in [0.1, 0.15) is 10.8 Å². The van der Waals surface area contributed by atoms with E-state index in [1.54, 1.807) is 13.1 Å². The summed E-state index contributed by atoms with van der Waals surface area (Å²) in [5.74, 6) is -4.85. The summed E-state index contributed by atoms with van der Waals surface area (Å²) in [5.41, 5.74) is 1.44. The molecule has 33 heavy (non-hydrogen) atoms. The van der Waals surface area contributed by atoms with E-state index < -0.39 is 23.5 Å². The van der Waals surface area contributed by atoms with Gasteiger partial charge in [-0.2, -0.15) is 4.37 Å². The molecule has 7 nitrogen and oxygen atoms in total. The summed E-state index contributed by atoms with van der Waals surface area (Å²) in [6, 6.07) is 3.07. The standard InChI is InChI=1S/C21H20F4N6OS/c1-12-18(19(32)28-13-2-3-15(22)16(23)8-13)20(33-30-12)29-17-10-26-14(9-27-17)11-31-6-4-21(24,25)5-7-31/h2-3,8-10H,4-7,11H2,1H3,(H,27,29)(H,28,32). The molecule has 2 aromatic heterocycles. The number of alkyl halides is 2. The lowest BCUT2D eigenvalue weighted by atomic mass is 10.1. The van der Waals surface area contributed by atoms with E-state index in [9.17, 15) is 22.4 Å². The number of benzene rings is 1. The van der Waals surface area contributed by atoms with Crippen molar-refractivity contribution in [2.75, 3.05) is 23.7 Å². The SMILES string of the molecule is Cc1nsc(Nc2cnc(CN3CCC(F)(F)CC3)cn2)c1C(=O)Nc1ccc(F)c(F)c1. The van der Waals surface area contributed by atoms with Gasteiger partial charge in [0.15, 0.2) is 11.6 Å². The number of hydrogen-bond acceptors (Lipinski definition) is 7. The van der Waals surface area contributed by atoms with E-state index in [1.165, 1.54) is 12.3 Å². The van der Waals surface area contributed by atoms with Gasteiger partial charge in [-0.25, -0.2) is 22.5 Å². The molecule has 0 atom stereocenters. The summed E-state index contributed by atoms with van der Waals surface area (Å²) in [6.07, 6.45) is 2.70. The topological polar surface area (TPSA) is 83.0 Å². The van der Waals surface area contributed by atoms with Crippen LogP contribution in [0.15, 0.2) is 30.6 Å². The van der Waals surface area contributed by atoms with Gasteiger partial charge in [-0.15, -0.1) is 0 Å². The number of halogens is 4. The minimum Gasteiger partial charge on any atom is -0.329 e. The highest BCUT2D eigenvalue weighted by molar-refractivity contribution is 7.10. The van der Waals surface area contributed by atoms with Crippen molar-refractivity contribution in [2.45, 2.75) is 32.2 Å². The van der Waals surface area contributed by atoms with Gasteiger partial charge < -0.3 is 10.6 Å². The number of nitrogens with zero attached hydrogens (tertiary/aromatic N) is 4. The highest BCUT2D eigenvalue weighted by Gasteiger charge is 2.33. The molecular weight excluding hydrogens is 460 g/mol. The van der Waals surface area contributed by atoms with Gasteiger partial charge in [0.25, 0.3) is 11.8 Å². The number of piperidine rings is 1. The Labute approximate surface area is 191 Å². The first-order valence-electron chi connectivity index (χ1n) is 10.1. The number of aromatic nitrogens is 3. The fourth-order valence-electron chi connectivity index (χ4n) is 3.37. The largest absolute Gasteiger partial charge is 0.329 e. The molecule has 1 aromatic carbocycles. The van der Waals surface area contributed by atoms with Crippen molar-refractivity contribution < 1.29 is 22.4 Å². The second kappa shape index (κ2) is 9.40. The van der Waals surface area contributed by atoms with Crippen LogP contribution in [0.1, 0.15) is 34.6 Å². The predicted octanol–water partition coefficient (Wildman–Crippen LogP) is 4.75. The van der Waals surface area contributed by atoms with Gasteiger partial charge in [0, 0.05) is 44.2 Å². The molecule has 0 radical (unpaired) electrons. The number of hydrogen-bond donors (Lipinski definition) is 2. The maximum Gasteiger partial charge on any atom is 0.260 e. The molecular formula is C21H20F4N6OS. The van der Waals surface area contributed by atoms with E-state index in [-0.39, 0.29) is 24.1 Å². The van der Waals surface area contributed by atoms with Gasteiger partial charge in [0.05, 0.1) is 29.3 Å². The average Bonchev–Trinajstić information content (AvgIpc) is 3.13. The Morgan fingerprint density at radius 3 is 2.58 bits per heavy atom. The molecule has 1 aliphatic heterocycles. The molecule has 1 aliphatic rings. The lowest BCUT2D eigenvalue weighted by molar-refractivity contribution is -0.0568. The molecule has 3 aromatic rings. The second-order valence-corrected chi connectivity index (χ2v) is 8.48. The summed E-state index contributed by atoms with van der Waals surface area (Å²) in [5, 5.41) is 5.93. The molecule has 1 amide bonds. The molecule has 0 saturated carbocycles. The minimum atomic E-state index is -2.60. The normalized spacial score (nSPS) is 15.9. The number of rotatable bonds is 6. The molecule has 2 N–H and O–H groups in total. The van der Waals surface area contributed by atoms with Crippen molar-refractivity contribution >= 4 is 33.9 Å². The van der Waals surface area contributed by atoms with E-state index in [4.69, 9.17) is 0 Å². The summed E-state index contributed by atoms with van der Waals surface area (Å²) in [7, 11) is 0. The zero-order valence-electron chi connectivity index (χ0n) is 17.5. The number of anilines is 3. The fraction of sp³-hybridized carbons (Fsp3) is 0.333. The van der Waals surface area contributed by atoms with Crippen molar-refractivity contribution in [3.63, 3.8) is 0 Å². The van der Waals surface area contributed by atoms with E-state index in [0.717, 1.165) is 23.7 Å². The quantitative estimate of drug-likeness (QED) is 0.496. The van der Waals surface area contributed by atoms with Crippen molar-refractivity contribution in [3.05, 3.63) is 59.2 Å². The fourth-order valence-corrected chi connectivity index (χ4v) is 4.18. The van der Waals surface area contributed by atoms with Gasteiger partial charge in [-0.1, -0.05) is 0 Å². The Morgan fingerprint density at radius 1 is 1.15 bits per heavy atom. The van der Waals surface area contributed by atoms with Crippen LogP contribution in [0, 0.1) is 18.6 Å². The summed E-state index contributed by atoms with van der Waals surface area (Å²) < 4.78 is 57.3. The Kier molecular flexibility index (Phi) is 6.56. The van der Waals surface area contributed by atoms with Crippen molar-refractivity contribution in [3.8, 4) is 0 Å². The van der Waals surface area contributed by atoms with Gasteiger partial charge in [0.2, 0.25) is 0 Å². The first kappa shape index (κ1) is 23.1. The Morgan fingerprint density at radius 2 is 1.91 bits per heavy atom. The molecule has 12 heteroatoms. The van der Waals surface area contributed by atoms with Crippen LogP contribution < -0.4 is 10.6 Å². The molecule has 0 unspecified atom stereocenters. The maximum absolute atomic E-state index is 13.4. The van der Waals surface area contributed by atoms with Crippen LogP contribution in [-0.4, -0.2) is 44.2 Å². The summed E-state index contributed by atoms with van der Waals surface area (Å²) >= 11 is 1.04. The molecule has 0 aliphatic carbocycles. The number of aryl methyl sites for hydroxylation is 1. The third-order valence-corrected chi connectivity index (χ3v) is 6.04. The molecule has 1 fully saturated rings. The van der Waals surface area contributed by atoms with Crippen LogP contribution in [0.4, 0.5) is 34.1 Å². The minimum absolute atomic E-state index is 0.107. The monoisotopic (exact) mass is 480 g/mol. The van der Waals surface area contributed by atoms with Crippen LogP contribution in [0.2, 0.25) is 0 Å². The summed E-state index contributed by atoms with van der Waals surface area (Å²) in [6.45, 7) is 2.67. The number of amides is 1. The zero-order valence-corrected chi connectivity index (χ0v) is 18.4. The third-order valence-electron chi connectivity index (χ3n) is 5.19. The third kappa shape index (κ3) is 5.63. The van der Waals surface area contributed by atoms with E-state index >= 15 is 0 Å². The first-order valence-corrected chi connectivity index (χ1v) is 10.9. The predicted molar refractivity (Wildman–Crippen MR) is 116 cm³/mol. The highest BCUT2D eigenvalue weighted by Crippen LogP contribution is 2.29. The van der Waals surface area contributed by atoms with Crippen molar-refractivity contribution in [1.29, 1.82) is 0 Å². The average molecular weight is 480 g/mol. The molecule has 0 bridgehead atoms. The highest BCUT2D eigenvalue weighted by atomic mass is 32.1. The lowest BCUT2D eigenvalue weighted by Gasteiger charge is -2.31. The van der Waals surface area contributed by atoms with Crippen molar-refractivity contribution in [2.24, 2.45) is 0 Å². The molecule has 174 valence electrons. The molecule has 4 rings (SSSR count).